The number of anilines is 1. The van der Waals surface area contributed by atoms with Crippen LogP contribution in [0.3, 0.4) is 0 Å². The molecule has 0 spiro atoms. The van der Waals surface area contributed by atoms with Gasteiger partial charge in [-0.15, -0.1) is 11.3 Å². The molecule has 2 aliphatic carbocycles. The van der Waals surface area contributed by atoms with Gasteiger partial charge in [0.2, 0.25) is 0 Å². The molecular weight excluding hydrogens is 204 g/mol. The minimum atomic E-state index is 0.299. The number of fused-ring (bicyclic) bond motifs is 1. The summed E-state index contributed by atoms with van der Waals surface area (Å²) in [6.45, 7) is 4.65. The molecule has 0 aromatic carbocycles. The molecule has 1 saturated carbocycles. The molecule has 1 N–H and O–H groups in total. The third-order valence-corrected chi connectivity index (χ3v) is 4.50. The Morgan fingerprint density at radius 3 is 2.87 bits per heavy atom. The molecule has 3 heteroatoms. The van der Waals surface area contributed by atoms with E-state index in [2.05, 4.69) is 19.2 Å². The molecule has 1 aromatic rings. The molecule has 82 valence electrons. The van der Waals surface area contributed by atoms with E-state index in [9.17, 15) is 0 Å². The lowest BCUT2D eigenvalue weighted by Gasteiger charge is -2.27. The van der Waals surface area contributed by atoms with Crippen molar-refractivity contribution in [1.29, 1.82) is 0 Å². The van der Waals surface area contributed by atoms with Gasteiger partial charge in [0, 0.05) is 16.3 Å². The van der Waals surface area contributed by atoms with E-state index in [4.69, 9.17) is 4.98 Å². The number of nitrogens with zero attached hydrogens (tertiary/aromatic N) is 1. The number of hydrogen-bond acceptors (Lipinski definition) is 3. The lowest BCUT2D eigenvalue weighted by molar-refractivity contribution is 0.424. The number of hydrogen-bond donors (Lipinski definition) is 1. The summed E-state index contributed by atoms with van der Waals surface area (Å²) in [6, 6.07) is 0.723. The monoisotopic (exact) mass is 222 g/mol. The van der Waals surface area contributed by atoms with E-state index in [1.54, 1.807) is 0 Å². The minimum absolute atomic E-state index is 0.299. The molecule has 2 nitrogen and oxygen atoms in total. The van der Waals surface area contributed by atoms with Crippen molar-refractivity contribution >= 4 is 16.5 Å². The van der Waals surface area contributed by atoms with Gasteiger partial charge in [0.1, 0.15) is 0 Å². The SMILES string of the molecule is CC1(C)CCCc2sc(NC3CC3)nc21. The van der Waals surface area contributed by atoms with Crippen molar-refractivity contribution in [2.75, 3.05) is 5.32 Å². The largest absolute Gasteiger partial charge is 0.359 e. The lowest BCUT2D eigenvalue weighted by Crippen LogP contribution is -2.23. The van der Waals surface area contributed by atoms with Gasteiger partial charge in [0.05, 0.1) is 5.69 Å². The number of rotatable bonds is 2. The van der Waals surface area contributed by atoms with Gasteiger partial charge in [-0.2, -0.15) is 0 Å². The topological polar surface area (TPSA) is 24.9 Å². The summed E-state index contributed by atoms with van der Waals surface area (Å²) in [4.78, 5) is 6.31. The Bertz CT molecular complexity index is 377. The Kier molecular flexibility index (Phi) is 2.06. The smallest absolute Gasteiger partial charge is 0.183 e. The van der Waals surface area contributed by atoms with Crippen LogP contribution in [-0.2, 0) is 11.8 Å². The van der Waals surface area contributed by atoms with E-state index in [1.165, 1.54) is 42.7 Å². The summed E-state index contributed by atoms with van der Waals surface area (Å²) >= 11 is 1.88. The maximum Gasteiger partial charge on any atom is 0.183 e. The standard InChI is InChI=1S/C12H18N2S/c1-12(2)7-3-4-9-10(12)14-11(15-9)13-8-5-6-8/h8H,3-7H2,1-2H3,(H,13,14). The van der Waals surface area contributed by atoms with Crippen molar-refractivity contribution in [1.82, 2.24) is 4.98 Å². The van der Waals surface area contributed by atoms with E-state index in [0.29, 0.717) is 5.41 Å². The molecule has 0 saturated heterocycles. The zero-order valence-corrected chi connectivity index (χ0v) is 10.3. The highest BCUT2D eigenvalue weighted by atomic mass is 32.1. The van der Waals surface area contributed by atoms with Crippen LogP contribution < -0.4 is 5.32 Å². The molecule has 0 aliphatic heterocycles. The predicted molar refractivity (Wildman–Crippen MR) is 64.7 cm³/mol. The van der Waals surface area contributed by atoms with Gasteiger partial charge in [-0.1, -0.05) is 13.8 Å². The van der Waals surface area contributed by atoms with Gasteiger partial charge in [-0.25, -0.2) is 4.98 Å². The highest BCUT2D eigenvalue weighted by molar-refractivity contribution is 7.15. The van der Waals surface area contributed by atoms with Crippen molar-refractivity contribution in [2.24, 2.45) is 0 Å². The van der Waals surface area contributed by atoms with Gasteiger partial charge in [-0.3, -0.25) is 0 Å². The van der Waals surface area contributed by atoms with Crippen molar-refractivity contribution in [3.8, 4) is 0 Å². The van der Waals surface area contributed by atoms with Crippen LogP contribution in [0.1, 0.15) is 50.1 Å². The summed E-state index contributed by atoms with van der Waals surface area (Å²) in [6.07, 6.45) is 6.50. The van der Waals surface area contributed by atoms with E-state index in [-0.39, 0.29) is 0 Å². The quantitative estimate of drug-likeness (QED) is 0.830. The molecule has 1 aromatic heterocycles. The fraction of sp³-hybridized carbons (Fsp3) is 0.750. The van der Waals surface area contributed by atoms with Crippen molar-refractivity contribution in [2.45, 2.75) is 57.4 Å². The third kappa shape index (κ3) is 1.78. The van der Waals surface area contributed by atoms with E-state index >= 15 is 0 Å². The Hall–Kier alpha value is -0.570. The number of aryl methyl sites for hydroxylation is 1. The number of thiazole rings is 1. The van der Waals surface area contributed by atoms with Crippen LogP contribution in [0.25, 0.3) is 0 Å². The average molecular weight is 222 g/mol. The van der Waals surface area contributed by atoms with Crippen LogP contribution in [0.4, 0.5) is 5.13 Å². The number of aromatic nitrogens is 1. The third-order valence-electron chi connectivity index (χ3n) is 3.45. The van der Waals surface area contributed by atoms with Crippen molar-refractivity contribution < 1.29 is 0 Å². The first-order chi connectivity index (χ1) is 7.15. The van der Waals surface area contributed by atoms with Crippen LogP contribution in [0, 0.1) is 0 Å². The first-order valence-corrected chi connectivity index (χ1v) is 6.73. The zero-order valence-electron chi connectivity index (χ0n) is 9.47. The first-order valence-electron chi connectivity index (χ1n) is 5.92. The van der Waals surface area contributed by atoms with Gasteiger partial charge in [-0.05, 0) is 32.1 Å². The van der Waals surface area contributed by atoms with Crippen LogP contribution in [-0.4, -0.2) is 11.0 Å². The molecule has 0 unspecified atom stereocenters. The maximum absolute atomic E-state index is 4.79. The minimum Gasteiger partial charge on any atom is -0.359 e. The Morgan fingerprint density at radius 1 is 1.40 bits per heavy atom. The average Bonchev–Trinajstić information content (AvgIpc) is 2.84. The second-order valence-corrected chi connectivity index (χ2v) is 6.53. The van der Waals surface area contributed by atoms with Crippen LogP contribution >= 0.6 is 11.3 Å². The summed E-state index contributed by atoms with van der Waals surface area (Å²) < 4.78 is 0. The van der Waals surface area contributed by atoms with E-state index < -0.39 is 0 Å². The summed E-state index contributed by atoms with van der Waals surface area (Å²) in [5.41, 5.74) is 1.66. The first kappa shape index (κ1) is 9.64. The van der Waals surface area contributed by atoms with Gasteiger partial charge in [0.25, 0.3) is 0 Å². The van der Waals surface area contributed by atoms with Crippen LogP contribution in [0.5, 0.6) is 0 Å². The molecule has 0 bridgehead atoms. The Labute approximate surface area is 95.1 Å². The molecular formula is C12H18N2S. The fourth-order valence-corrected chi connectivity index (χ4v) is 3.58. The van der Waals surface area contributed by atoms with Gasteiger partial charge >= 0.3 is 0 Å². The summed E-state index contributed by atoms with van der Waals surface area (Å²) in [5, 5.41) is 4.68. The molecule has 0 atom stereocenters. The molecule has 0 amide bonds. The predicted octanol–water partition coefficient (Wildman–Crippen LogP) is 3.33. The number of nitrogens with one attached hydrogen (secondary N) is 1. The Morgan fingerprint density at radius 2 is 2.20 bits per heavy atom. The zero-order chi connectivity index (χ0) is 10.5. The Balaban J connectivity index is 1.90. The maximum atomic E-state index is 4.79. The summed E-state index contributed by atoms with van der Waals surface area (Å²) in [5.74, 6) is 0. The molecule has 2 aliphatic rings. The molecule has 3 rings (SSSR count). The molecule has 0 radical (unpaired) electrons. The van der Waals surface area contributed by atoms with E-state index in [1.807, 2.05) is 11.3 Å². The van der Waals surface area contributed by atoms with Crippen LogP contribution in [0.15, 0.2) is 0 Å². The second-order valence-electron chi connectivity index (χ2n) is 5.45. The highest BCUT2D eigenvalue weighted by Crippen LogP contribution is 2.41. The normalized spacial score (nSPS) is 23.6. The van der Waals surface area contributed by atoms with E-state index in [0.717, 1.165) is 11.2 Å². The second kappa shape index (κ2) is 3.21. The fourth-order valence-electron chi connectivity index (χ4n) is 2.32. The molecule has 1 fully saturated rings. The highest BCUT2D eigenvalue weighted by Gasteiger charge is 2.32. The van der Waals surface area contributed by atoms with Gasteiger partial charge in [0.15, 0.2) is 5.13 Å². The van der Waals surface area contributed by atoms with Crippen molar-refractivity contribution in [3.63, 3.8) is 0 Å². The van der Waals surface area contributed by atoms with Gasteiger partial charge < -0.3 is 5.32 Å². The molecule has 1 heterocycles. The lowest BCUT2D eigenvalue weighted by atomic mass is 9.79. The summed E-state index contributed by atoms with van der Waals surface area (Å²) in [7, 11) is 0. The molecule has 15 heavy (non-hydrogen) atoms. The van der Waals surface area contributed by atoms with Crippen LogP contribution in [0.2, 0.25) is 0 Å². The van der Waals surface area contributed by atoms with Crippen molar-refractivity contribution in [3.05, 3.63) is 10.6 Å².